The van der Waals surface area contributed by atoms with E-state index in [1.54, 1.807) is 0 Å². The minimum atomic E-state index is -0.147. The number of hydrogen-bond acceptors (Lipinski definition) is 5. The van der Waals surface area contributed by atoms with Crippen molar-refractivity contribution in [3.63, 3.8) is 0 Å². The Morgan fingerprint density at radius 2 is 1.82 bits per heavy atom. The molecule has 2 fully saturated rings. The van der Waals surface area contributed by atoms with Crippen LogP contribution in [0.2, 0.25) is 0 Å². The third kappa shape index (κ3) is 2.76. The minimum absolute atomic E-state index is 0.0999. The molecule has 1 saturated heterocycles. The van der Waals surface area contributed by atoms with Crippen molar-refractivity contribution in [2.24, 2.45) is 5.41 Å². The SMILES string of the molecule is C[C@@H]1c2cccnc2CC12CCN(c1nc3n[nH]c(C4(c5ccccc5)CC4)c3c(=O)[nH]1)CC2. The smallest absolute Gasteiger partial charge is 0.263 e. The molecule has 172 valence electrons. The van der Waals surface area contributed by atoms with Gasteiger partial charge in [-0.3, -0.25) is 19.9 Å². The van der Waals surface area contributed by atoms with E-state index in [0.717, 1.165) is 50.9 Å². The fourth-order valence-electron chi connectivity index (χ4n) is 6.56. The third-order valence-corrected chi connectivity index (χ3v) is 8.86. The minimum Gasteiger partial charge on any atom is -0.342 e. The maximum atomic E-state index is 13.3. The highest BCUT2D eigenvalue weighted by molar-refractivity contribution is 5.80. The van der Waals surface area contributed by atoms with Crippen LogP contribution >= 0.6 is 0 Å². The molecule has 2 N–H and O–H groups in total. The topological polar surface area (TPSA) is 90.6 Å². The van der Waals surface area contributed by atoms with Crippen LogP contribution in [0.4, 0.5) is 5.95 Å². The van der Waals surface area contributed by atoms with Gasteiger partial charge in [-0.25, -0.2) is 0 Å². The van der Waals surface area contributed by atoms with Gasteiger partial charge in [0.15, 0.2) is 5.65 Å². The number of aromatic nitrogens is 5. The molecule has 0 bridgehead atoms. The van der Waals surface area contributed by atoms with Crippen molar-refractivity contribution < 1.29 is 0 Å². The Kier molecular flexibility index (Phi) is 4.11. The standard InChI is InChI=1S/C27H28N6O/c1-17-19-8-5-13-28-20(19)16-26(17)11-14-33(15-12-26)25-29-23-21(24(34)30-25)22(31-32-23)27(9-10-27)18-6-3-2-4-7-18/h2-8,13,17H,9-12,14-16H2,1H3,(H2,29,30,31,32,34)/t17-/m1/s1. The van der Waals surface area contributed by atoms with Crippen molar-refractivity contribution in [3.8, 4) is 0 Å². The fraction of sp³-hybridized carbons (Fsp3) is 0.407. The van der Waals surface area contributed by atoms with Crippen LogP contribution < -0.4 is 10.5 Å². The van der Waals surface area contributed by atoms with Crippen molar-refractivity contribution in [1.82, 2.24) is 25.1 Å². The Balaban J connectivity index is 1.17. The summed E-state index contributed by atoms with van der Waals surface area (Å²) in [7, 11) is 0. The zero-order valence-corrected chi connectivity index (χ0v) is 19.3. The van der Waals surface area contributed by atoms with Crippen molar-refractivity contribution in [2.45, 2.75) is 50.4 Å². The zero-order chi connectivity index (χ0) is 22.9. The predicted octanol–water partition coefficient (Wildman–Crippen LogP) is 4.07. The molecular formula is C27H28N6O. The highest BCUT2D eigenvalue weighted by Crippen LogP contribution is 2.54. The fourth-order valence-corrected chi connectivity index (χ4v) is 6.56. The average molecular weight is 453 g/mol. The van der Waals surface area contributed by atoms with Gasteiger partial charge in [-0.05, 0) is 60.6 Å². The molecule has 3 aromatic heterocycles. The number of nitrogens with zero attached hydrogens (tertiary/aromatic N) is 4. The lowest BCUT2D eigenvalue weighted by Crippen LogP contribution is -2.43. The van der Waals surface area contributed by atoms with E-state index in [1.165, 1.54) is 16.8 Å². The van der Waals surface area contributed by atoms with E-state index in [1.807, 2.05) is 12.3 Å². The number of pyridine rings is 1. The van der Waals surface area contributed by atoms with Crippen molar-refractivity contribution in [3.05, 3.63) is 81.5 Å². The third-order valence-electron chi connectivity index (χ3n) is 8.86. The second-order valence-corrected chi connectivity index (χ2v) is 10.4. The monoisotopic (exact) mass is 452 g/mol. The van der Waals surface area contributed by atoms with E-state index in [9.17, 15) is 4.79 Å². The van der Waals surface area contributed by atoms with Gasteiger partial charge < -0.3 is 4.90 Å². The van der Waals surface area contributed by atoms with Gasteiger partial charge in [-0.15, -0.1) is 0 Å². The summed E-state index contributed by atoms with van der Waals surface area (Å²) in [4.78, 5) is 28.0. The number of rotatable bonds is 3. The molecule has 0 radical (unpaired) electrons. The van der Waals surface area contributed by atoms with Gasteiger partial charge in [-0.1, -0.05) is 43.3 Å². The summed E-state index contributed by atoms with van der Waals surface area (Å²) < 4.78 is 0. The van der Waals surface area contributed by atoms with Crippen molar-refractivity contribution >= 4 is 17.0 Å². The number of anilines is 1. The molecule has 1 aliphatic heterocycles. The van der Waals surface area contributed by atoms with Gasteiger partial charge in [0, 0.05) is 30.4 Å². The summed E-state index contributed by atoms with van der Waals surface area (Å²) in [5, 5.41) is 8.27. The number of aromatic amines is 2. The van der Waals surface area contributed by atoms with E-state index in [2.05, 4.69) is 68.4 Å². The molecule has 1 atom stereocenters. The molecular weight excluding hydrogens is 424 g/mol. The van der Waals surface area contributed by atoms with Gasteiger partial charge in [0.1, 0.15) is 5.39 Å². The Labute approximate surface area is 197 Å². The number of fused-ring (bicyclic) bond motifs is 2. The maximum Gasteiger partial charge on any atom is 0.263 e. The number of hydrogen-bond donors (Lipinski definition) is 2. The summed E-state index contributed by atoms with van der Waals surface area (Å²) in [5.74, 6) is 1.14. The lowest BCUT2D eigenvalue weighted by Gasteiger charge is -2.42. The number of benzene rings is 1. The van der Waals surface area contributed by atoms with E-state index >= 15 is 0 Å². The highest BCUT2D eigenvalue weighted by atomic mass is 16.1. The molecule has 4 heterocycles. The molecule has 0 unspecified atom stereocenters. The van der Waals surface area contributed by atoms with E-state index in [0.29, 0.717) is 22.9 Å². The Morgan fingerprint density at radius 3 is 2.56 bits per heavy atom. The molecule has 1 aromatic carbocycles. The summed E-state index contributed by atoms with van der Waals surface area (Å²) in [5.41, 5.74) is 5.31. The highest BCUT2D eigenvalue weighted by Gasteiger charge is 2.49. The van der Waals surface area contributed by atoms with E-state index < -0.39 is 0 Å². The first-order valence-corrected chi connectivity index (χ1v) is 12.3. The number of piperidine rings is 1. The van der Waals surface area contributed by atoms with Crippen LogP contribution in [0, 0.1) is 5.41 Å². The van der Waals surface area contributed by atoms with Gasteiger partial charge in [0.05, 0.1) is 5.69 Å². The predicted molar refractivity (Wildman–Crippen MR) is 131 cm³/mol. The largest absolute Gasteiger partial charge is 0.342 e. The zero-order valence-electron chi connectivity index (χ0n) is 19.3. The Bertz CT molecular complexity index is 1440. The van der Waals surface area contributed by atoms with Crippen LogP contribution in [0.3, 0.4) is 0 Å². The lowest BCUT2D eigenvalue weighted by atomic mass is 9.70. The van der Waals surface area contributed by atoms with Crippen LogP contribution in [0.5, 0.6) is 0 Å². The first-order valence-electron chi connectivity index (χ1n) is 12.3. The second kappa shape index (κ2) is 7.01. The van der Waals surface area contributed by atoms with Crippen LogP contribution in [0.15, 0.2) is 53.5 Å². The number of nitrogens with one attached hydrogen (secondary N) is 2. The van der Waals surface area contributed by atoms with E-state index in [-0.39, 0.29) is 16.4 Å². The van der Waals surface area contributed by atoms with Gasteiger partial charge >= 0.3 is 0 Å². The summed E-state index contributed by atoms with van der Waals surface area (Å²) >= 11 is 0. The second-order valence-electron chi connectivity index (χ2n) is 10.4. The van der Waals surface area contributed by atoms with Crippen LogP contribution in [-0.4, -0.2) is 38.2 Å². The molecule has 7 heteroatoms. The quantitative estimate of drug-likeness (QED) is 0.489. The summed E-state index contributed by atoms with van der Waals surface area (Å²) in [6.07, 6.45) is 7.11. The number of H-pyrrole nitrogens is 2. The average Bonchev–Trinajstić information content (AvgIpc) is 3.49. The molecule has 4 aromatic rings. The maximum absolute atomic E-state index is 13.3. The molecule has 1 spiro atoms. The summed E-state index contributed by atoms with van der Waals surface area (Å²) in [6.45, 7) is 4.09. The summed E-state index contributed by atoms with van der Waals surface area (Å²) in [6, 6.07) is 14.7. The van der Waals surface area contributed by atoms with Crippen molar-refractivity contribution in [2.75, 3.05) is 18.0 Å². The molecule has 2 aliphatic carbocycles. The Hall–Kier alpha value is -3.48. The van der Waals surface area contributed by atoms with Crippen LogP contribution in [-0.2, 0) is 11.8 Å². The van der Waals surface area contributed by atoms with Crippen LogP contribution in [0.25, 0.3) is 11.0 Å². The molecule has 3 aliphatic rings. The Morgan fingerprint density at radius 1 is 1.03 bits per heavy atom. The molecule has 34 heavy (non-hydrogen) atoms. The molecule has 7 rings (SSSR count). The lowest BCUT2D eigenvalue weighted by molar-refractivity contribution is 0.193. The first-order chi connectivity index (χ1) is 16.6. The van der Waals surface area contributed by atoms with Crippen LogP contribution in [0.1, 0.15) is 61.0 Å². The molecule has 0 amide bonds. The van der Waals surface area contributed by atoms with Gasteiger partial charge in [0.2, 0.25) is 5.95 Å². The first kappa shape index (κ1) is 19.9. The normalized spacial score (nSPS) is 22.3. The van der Waals surface area contributed by atoms with Crippen molar-refractivity contribution in [1.29, 1.82) is 0 Å². The van der Waals surface area contributed by atoms with E-state index in [4.69, 9.17) is 4.98 Å². The molecule has 1 saturated carbocycles. The molecule has 7 nitrogen and oxygen atoms in total. The van der Waals surface area contributed by atoms with Gasteiger partial charge in [0.25, 0.3) is 5.56 Å². The van der Waals surface area contributed by atoms with Gasteiger partial charge in [-0.2, -0.15) is 10.1 Å².